The molecule has 0 heterocycles. The summed E-state index contributed by atoms with van der Waals surface area (Å²) >= 11 is 0. The largest absolute Gasteiger partial charge is 0.399 e. The molecule has 4 nitrogen and oxygen atoms in total. The SMILES string of the molecule is CN(C)c1ccc(N)cc1C(=O)NC1C(C)(C)C1(C)C. The zero-order valence-corrected chi connectivity index (χ0v) is 13.2. The van der Waals surface area contributed by atoms with Crippen LogP contribution in [0.2, 0.25) is 0 Å². The van der Waals surface area contributed by atoms with Crippen LogP contribution in [0.4, 0.5) is 11.4 Å². The molecule has 0 aromatic heterocycles. The van der Waals surface area contributed by atoms with E-state index in [0.29, 0.717) is 11.3 Å². The van der Waals surface area contributed by atoms with Gasteiger partial charge in [-0.05, 0) is 29.0 Å². The Morgan fingerprint density at radius 1 is 1.20 bits per heavy atom. The lowest BCUT2D eigenvalue weighted by molar-refractivity contribution is 0.0944. The first-order chi connectivity index (χ1) is 9.09. The van der Waals surface area contributed by atoms with E-state index in [4.69, 9.17) is 5.73 Å². The van der Waals surface area contributed by atoms with E-state index in [-0.39, 0.29) is 22.8 Å². The number of rotatable bonds is 3. The molecule has 0 unspecified atom stereocenters. The van der Waals surface area contributed by atoms with Gasteiger partial charge in [0.2, 0.25) is 0 Å². The lowest BCUT2D eigenvalue weighted by Crippen LogP contribution is -2.31. The van der Waals surface area contributed by atoms with Crippen molar-refractivity contribution in [3.8, 4) is 0 Å². The zero-order valence-electron chi connectivity index (χ0n) is 13.2. The molecule has 0 aliphatic heterocycles. The molecule has 1 aromatic rings. The van der Waals surface area contributed by atoms with Gasteiger partial charge < -0.3 is 16.0 Å². The van der Waals surface area contributed by atoms with Gasteiger partial charge in [0.25, 0.3) is 5.91 Å². The maximum absolute atomic E-state index is 12.6. The molecule has 0 radical (unpaired) electrons. The Hall–Kier alpha value is -1.71. The van der Waals surface area contributed by atoms with E-state index in [1.54, 1.807) is 6.07 Å². The summed E-state index contributed by atoms with van der Waals surface area (Å²) in [5.74, 6) is -0.0513. The Morgan fingerprint density at radius 3 is 2.20 bits per heavy atom. The van der Waals surface area contributed by atoms with Gasteiger partial charge in [0.05, 0.1) is 5.56 Å². The second-order valence-electron chi connectivity index (χ2n) is 7.02. The molecular weight excluding hydrogens is 250 g/mol. The Kier molecular flexibility index (Phi) is 3.23. The van der Waals surface area contributed by atoms with Crippen LogP contribution in [0.15, 0.2) is 18.2 Å². The molecule has 1 fully saturated rings. The lowest BCUT2D eigenvalue weighted by atomic mass is 10.0. The minimum Gasteiger partial charge on any atom is -0.399 e. The molecule has 0 bridgehead atoms. The predicted octanol–water partition coefficient (Wildman–Crippen LogP) is 2.50. The van der Waals surface area contributed by atoms with Crippen molar-refractivity contribution in [2.75, 3.05) is 24.7 Å². The van der Waals surface area contributed by atoms with E-state index in [9.17, 15) is 4.79 Å². The molecule has 110 valence electrons. The highest BCUT2D eigenvalue weighted by atomic mass is 16.1. The first-order valence-corrected chi connectivity index (χ1v) is 6.96. The van der Waals surface area contributed by atoms with E-state index in [1.807, 2.05) is 31.1 Å². The number of nitrogens with zero attached hydrogens (tertiary/aromatic N) is 1. The topological polar surface area (TPSA) is 58.4 Å². The van der Waals surface area contributed by atoms with E-state index >= 15 is 0 Å². The summed E-state index contributed by atoms with van der Waals surface area (Å²) in [5, 5.41) is 3.15. The summed E-state index contributed by atoms with van der Waals surface area (Å²) in [4.78, 5) is 14.5. The highest BCUT2D eigenvalue weighted by Crippen LogP contribution is 2.62. The summed E-state index contributed by atoms with van der Waals surface area (Å²) < 4.78 is 0. The number of benzene rings is 1. The van der Waals surface area contributed by atoms with Gasteiger partial charge in [0.1, 0.15) is 0 Å². The average Bonchev–Trinajstić information content (AvgIpc) is 2.71. The van der Waals surface area contributed by atoms with Crippen molar-refractivity contribution in [2.24, 2.45) is 10.8 Å². The van der Waals surface area contributed by atoms with Crippen LogP contribution in [-0.2, 0) is 0 Å². The van der Waals surface area contributed by atoms with Crippen molar-refractivity contribution in [1.82, 2.24) is 5.32 Å². The fourth-order valence-electron chi connectivity index (χ4n) is 2.89. The molecule has 1 aliphatic carbocycles. The highest BCUT2D eigenvalue weighted by Gasteiger charge is 2.65. The maximum atomic E-state index is 12.6. The normalized spacial score (nSPS) is 19.5. The van der Waals surface area contributed by atoms with Gasteiger partial charge in [0, 0.05) is 31.5 Å². The first kappa shape index (κ1) is 14.7. The minimum atomic E-state index is -0.0513. The summed E-state index contributed by atoms with van der Waals surface area (Å²) in [7, 11) is 3.85. The van der Waals surface area contributed by atoms with E-state index in [0.717, 1.165) is 5.69 Å². The molecule has 1 amide bonds. The van der Waals surface area contributed by atoms with Crippen LogP contribution in [0.3, 0.4) is 0 Å². The van der Waals surface area contributed by atoms with Gasteiger partial charge >= 0.3 is 0 Å². The number of hydrogen-bond donors (Lipinski definition) is 2. The lowest BCUT2D eigenvalue weighted by Gasteiger charge is -2.18. The quantitative estimate of drug-likeness (QED) is 0.833. The fourth-order valence-corrected chi connectivity index (χ4v) is 2.89. The summed E-state index contributed by atoms with van der Waals surface area (Å²) in [5.41, 5.74) is 8.19. The summed E-state index contributed by atoms with van der Waals surface area (Å²) in [6.07, 6.45) is 0. The van der Waals surface area contributed by atoms with Crippen LogP contribution in [0.25, 0.3) is 0 Å². The van der Waals surface area contributed by atoms with Crippen LogP contribution in [-0.4, -0.2) is 26.0 Å². The second kappa shape index (κ2) is 4.40. The maximum Gasteiger partial charge on any atom is 0.253 e. The van der Waals surface area contributed by atoms with Crippen molar-refractivity contribution in [1.29, 1.82) is 0 Å². The van der Waals surface area contributed by atoms with Gasteiger partial charge in [-0.2, -0.15) is 0 Å². The van der Waals surface area contributed by atoms with Crippen molar-refractivity contribution in [2.45, 2.75) is 33.7 Å². The third-order valence-electron chi connectivity index (χ3n) is 5.04. The molecule has 1 aromatic carbocycles. The monoisotopic (exact) mass is 275 g/mol. The predicted molar refractivity (Wildman–Crippen MR) is 84.0 cm³/mol. The van der Waals surface area contributed by atoms with Crippen molar-refractivity contribution in [3.05, 3.63) is 23.8 Å². The van der Waals surface area contributed by atoms with E-state index in [1.165, 1.54) is 0 Å². The number of carbonyl (C=O) groups excluding carboxylic acids is 1. The van der Waals surface area contributed by atoms with E-state index in [2.05, 4.69) is 33.0 Å². The molecule has 2 rings (SSSR count). The van der Waals surface area contributed by atoms with Crippen LogP contribution in [0.5, 0.6) is 0 Å². The van der Waals surface area contributed by atoms with Gasteiger partial charge in [-0.25, -0.2) is 0 Å². The standard InChI is InChI=1S/C16H25N3O/c1-15(2)14(16(15,3)4)18-13(20)11-9-10(17)7-8-12(11)19(5)6/h7-9,14H,17H2,1-6H3,(H,18,20). The van der Waals surface area contributed by atoms with Gasteiger partial charge in [-0.1, -0.05) is 27.7 Å². The molecular formula is C16H25N3O. The van der Waals surface area contributed by atoms with E-state index < -0.39 is 0 Å². The molecule has 1 aliphatic rings. The minimum absolute atomic E-state index is 0.0513. The third-order valence-corrected chi connectivity index (χ3v) is 5.04. The smallest absolute Gasteiger partial charge is 0.253 e. The van der Waals surface area contributed by atoms with Gasteiger partial charge in [-0.15, -0.1) is 0 Å². The number of anilines is 2. The average molecular weight is 275 g/mol. The van der Waals surface area contributed by atoms with Crippen molar-refractivity contribution >= 4 is 17.3 Å². The van der Waals surface area contributed by atoms with Crippen LogP contribution >= 0.6 is 0 Å². The Balaban J connectivity index is 2.25. The van der Waals surface area contributed by atoms with Crippen molar-refractivity contribution in [3.63, 3.8) is 0 Å². The summed E-state index contributed by atoms with van der Waals surface area (Å²) in [6, 6.07) is 5.64. The second-order valence-corrected chi connectivity index (χ2v) is 7.02. The van der Waals surface area contributed by atoms with Gasteiger partial charge in [0.15, 0.2) is 0 Å². The molecule has 1 saturated carbocycles. The van der Waals surface area contributed by atoms with Crippen LogP contribution < -0.4 is 16.0 Å². The Morgan fingerprint density at radius 2 is 1.75 bits per heavy atom. The number of nitrogens with two attached hydrogens (primary N) is 1. The molecule has 20 heavy (non-hydrogen) atoms. The molecule has 0 saturated heterocycles. The molecule has 4 heteroatoms. The zero-order chi connectivity index (χ0) is 15.3. The van der Waals surface area contributed by atoms with Gasteiger partial charge in [-0.3, -0.25) is 4.79 Å². The van der Waals surface area contributed by atoms with Crippen molar-refractivity contribution < 1.29 is 4.79 Å². The van der Waals surface area contributed by atoms with Crippen LogP contribution in [0, 0.1) is 10.8 Å². The Bertz CT molecular complexity index is 533. The fraction of sp³-hybridized carbons (Fsp3) is 0.562. The molecule has 0 atom stereocenters. The molecule has 3 N–H and O–H groups in total. The Labute approximate surface area is 121 Å². The number of hydrogen-bond acceptors (Lipinski definition) is 3. The number of carbonyl (C=O) groups is 1. The third kappa shape index (κ3) is 2.13. The number of nitrogen functional groups attached to an aromatic ring is 1. The highest BCUT2D eigenvalue weighted by molar-refractivity contribution is 6.01. The first-order valence-electron chi connectivity index (χ1n) is 6.96. The molecule has 0 spiro atoms. The number of nitrogens with one attached hydrogen (secondary N) is 1. The van der Waals surface area contributed by atoms with Crippen LogP contribution in [0.1, 0.15) is 38.1 Å². The summed E-state index contributed by atoms with van der Waals surface area (Å²) in [6.45, 7) is 8.74. The number of amides is 1.